The quantitative estimate of drug-likeness (QED) is 0.249. The molecule has 0 aromatic heterocycles. The number of primary amides is 1. The lowest BCUT2D eigenvalue weighted by Gasteiger charge is -2.50. The molecule has 0 aliphatic heterocycles. The second-order valence-electron chi connectivity index (χ2n) is 12.0. The van der Waals surface area contributed by atoms with Gasteiger partial charge in [0.25, 0.3) is 5.91 Å². The van der Waals surface area contributed by atoms with Crippen molar-refractivity contribution in [1.82, 2.24) is 10.2 Å². The first-order valence-corrected chi connectivity index (χ1v) is 14.1. The Hall–Kier alpha value is -4.70. The number of nitrogens with two attached hydrogens (primary N) is 1. The fourth-order valence-electron chi connectivity index (χ4n) is 6.92. The standard InChI is InChI=1S/C32H35N5O7/c1-36(2)21-11-18(14-35-13-16-7-5-15(12-33)6-8-16)26(38)23-19(21)9-17-10-20-25(37(3)4)28(40)24(31(34)43)30(42)32(20,44)29(41)22(17)27(23)39/h5-8,11,17,20,25,35,38-39,42,44H,9-10,13-14H2,1-4H3,(H2,34,43)/t17-,20-,25-,32-/m0/s1. The highest BCUT2D eigenvalue weighted by molar-refractivity contribution is 6.24. The zero-order valence-corrected chi connectivity index (χ0v) is 24.9. The topological polar surface area (TPSA) is 200 Å². The molecule has 1 amide bonds. The smallest absolute Gasteiger partial charge is 0.255 e. The van der Waals surface area contributed by atoms with Crippen LogP contribution in [0.1, 0.15) is 34.2 Å². The molecule has 0 radical (unpaired) electrons. The number of carbonyl (C=O) groups is 3. The van der Waals surface area contributed by atoms with Gasteiger partial charge >= 0.3 is 0 Å². The number of nitrogens with one attached hydrogen (secondary N) is 1. The number of benzene rings is 2. The molecule has 230 valence electrons. The number of aromatic hydroxyl groups is 1. The maximum atomic E-state index is 14.1. The fourth-order valence-corrected chi connectivity index (χ4v) is 6.92. The summed E-state index contributed by atoms with van der Waals surface area (Å²) in [6, 6.07) is 9.79. The van der Waals surface area contributed by atoms with E-state index in [1.165, 1.54) is 4.90 Å². The van der Waals surface area contributed by atoms with Crippen LogP contribution < -0.4 is 16.0 Å². The van der Waals surface area contributed by atoms with E-state index in [4.69, 9.17) is 11.0 Å². The maximum absolute atomic E-state index is 14.1. The molecular weight excluding hydrogens is 566 g/mol. The Morgan fingerprint density at radius 2 is 1.77 bits per heavy atom. The molecule has 7 N–H and O–H groups in total. The van der Waals surface area contributed by atoms with Gasteiger partial charge in [-0.3, -0.25) is 19.3 Å². The first-order chi connectivity index (χ1) is 20.7. The van der Waals surface area contributed by atoms with Crippen LogP contribution in [0.3, 0.4) is 0 Å². The van der Waals surface area contributed by atoms with Gasteiger partial charge in [0.15, 0.2) is 11.4 Å². The van der Waals surface area contributed by atoms with Crippen LogP contribution in [0.2, 0.25) is 0 Å². The number of aliphatic hydroxyl groups is 3. The van der Waals surface area contributed by atoms with Crippen molar-refractivity contribution in [1.29, 1.82) is 5.26 Å². The van der Waals surface area contributed by atoms with Crippen molar-refractivity contribution in [3.63, 3.8) is 0 Å². The van der Waals surface area contributed by atoms with Crippen molar-refractivity contribution >= 4 is 28.9 Å². The van der Waals surface area contributed by atoms with E-state index in [1.807, 2.05) is 31.1 Å². The van der Waals surface area contributed by atoms with Crippen LogP contribution in [0.25, 0.3) is 5.76 Å². The average molecular weight is 602 g/mol. The van der Waals surface area contributed by atoms with E-state index in [-0.39, 0.29) is 36.3 Å². The van der Waals surface area contributed by atoms with Crippen molar-refractivity contribution < 1.29 is 34.8 Å². The SMILES string of the molecule is CN(C)c1cc(CNCc2ccc(C#N)cc2)c(O)c2c1C[C@H]1C[C@H]3[C@H](N(C)C)C(=O)C(C(N)=O)=C(O)[C@@]3(O)C(=O)C1=C2O. The highest BCUT2D eigenvalue weighted by Gasteiger charge is 2.64. The third kappa shape index (κ3) is 4.61. The first kappa shape index (κ1) is 30.7. The van der Waals surface area contributed by atoms with E-state index in [0.717, 1.165) is 5.56 Å². The number of nitriles is 1. The van der Waals surface area contributed by atoms with Crippen LogP contribution in [0.4, 0.5) is 5.69 Å². The lowest BCUT2D eigenvalue weighted by molar-refractivity contribution is -0.153. The summed E-state index contributed by atoms with van der Waals surface area (Å²) in [5, 5.41) is 58.2. The number of Topliss-reactive ketones (excluding diaryl/α,β-unsaturated/α-hetero) is 2. The van der Waals surface area contributed by atoms with E-state index in [1.54, 1.807) is 32.3 Å². The summed E-state index contributed by atoms with van der Waals surface area (Å²) in [5.41, 5.74) is 4.91. The summed E-state index contributed by atoms with van der Waals surface area (Å²) in [6.45, 7) is 0.630. The van der Waals surface area contributed by atoms with Gasteiger partial charge < -0.3 is 36.4 Å². The first-order valence-electron chi connectivity index (χ1n) is 14.1. The molecule has 5 rings (SSSR count). The molecule has 4 atom stereocenters. The van der Waals surface area contributed by atoms with Crippen LogP contribution in [0.15, 0.2) is 47.2 Å². The van der Waals surface area contributed by atoms with Crippen LogP contribution >= 0.6 is 0 Å². The summed E-state index contributed by atoms with van der Waals surface area (Å²) < 4.78 is 0. The summed E-state index contributed by atoms with van der Waals surface area (Å²) >= 11 is 0. The Labute approximate surface area is 254 Å². The molecule has 1 fully saturated rings. The van der Waals surface area contributed by atoms with Gasteiger partial charge in [-0.05, 0) is 62.2 Å². The molecule has 0 spiro atoms. The second kappa shape index (κ2) is 11.1. The van der Waals surface area contributed by atoms with E-state index in [2.05, 4.69) is 11.4 Å². The Balaban J connectivity index is 1.59. The predicted molar refractivity (Wildman–Crippen MR) is 160 cm³/mol. The zero-order chi connectivity index (χ0) is 32.2. The number of phenols is 1. The van der Waals surface area contributed by atoms with Crippen LogP contribution in [0.5, 0.6) is 5.75 Å². The average Bonchev–Trinajstić information content (AvgIpc) is 2.96. The van der Waals surface area contributed by atoms with Gasteiger partial charge in [-0.1, -0.05) is 12.1 Å². The number of nitrogens with zero attached hydrogens (tertiary/aromatic N) is 3. The van der Waals surface area contributed by atoms with Gasteiger partial charge in [0, 0.05) is 49.9 Å². The highest BCUT2D eigenvalue weighted by Crippen LogP contribution is 2.54. The second-order valence-corrected chi connectivity index (χ2v) is 12.0. The number of ketones is 2. The molecule has 0 bridgehead atoms. The van der Waals surface area contributed by atoms with Gasteiger partial charge in [-0.25, -0.2) is 0 Å². The van der Waals surface area contributed by atoms with E-state index in [0.29, 0.717) is 28.9 Å². The number of fused-ring (bicyclic) bond motifs is 3. The Morgan fingerprint density at radius 1 is 1.11 bits per heavy atom. The normalized spacial score (nSPS) is 24.5. The highest BCUT2D eigenvalue weighted by atomic mass is 16.3. The largest absolute Gasteiger partial charge is 0.508 e. The van der Waals surface area contributed by atoms with Crippen molar-refractivity contribution in [3.05, 3.63) is 75.1 Å². The minimum atomic E-state index is -2.69. The van der Waals surface area contributed by atoms with Crippen LogP contribution in [-0.2, 0) is 33.9 Å². The number of anilines is 1. The zero-order valence-electron chi connectivity index (χ0n) is 24.9. The molecular formula is C32H35N5O7. The molecule has 3 aliphatic carbocycles. The number of aliphatic hydroxyl groups excluding tert-OH is 2. The molecule has 0 heterocycles. The molecule has 12 nitrogen and oxygen atoms in total. The third-order valence-corrected chi connectivity index (χ3v) is 8.99. The van der Waals surface area contributed by atoms with Gasteiger partial charge in [0.05, 0.1) is 23.2 Å². The predicted octanol–water partition coefficient (Wildman–Crippen LogP) is 1.19. The van der Waals surface area contributed by atoms with Crippen molar-refractivity contribution in [2.45, 2.75) is 37.6 Å². The lowest BCUT2D eigenvalue weighted by Crippen LogP contribution is -2.65. The van der Waals surface area contributed by atoms with Gasteiger partial charge in [0.2, 0.25) is 5.78 Å². The van der Waals surface area contributed by atoms with Crippen molar-refractivity contribution in [3.8, 4) is 11.8 Å². The number of carbonyl (C=O) groups excluding carboxylic acids is 3. The Morgan fingerprint density at radius 3 is 2.34 bits per heavy atom. The molecule has 3 aliphatic rings. The number of hydrogen-bond acceptors (Lipinski definition) is 11. The van der Waals surface area contributed by atoms with E-state index >= 15 is 0 Å². The maximum Gasteiger partial charge on any atom is 0.255 e. The fraction of sp³-hybridized carbons (Fsp3) is 0.375. The summed E-state index contributed by atoms with van der Waals surface area (Å²) in [7, 11) is 6.76. The van der Waals surface area contributed by atoms with E-state index in [9.17, 15) is 34.8 Å². The lowest BCUT2D eigenvalue weighted by atomic mass is 9.57. The summed E-state index contributed by atoms with van der Waals surface area (Å²) in [6.07, 6.45) is 0.224. The van der Waals surface area contributed by atoms with Crippen LogP contribution in [-0.4, -0.2) is 82.6 Å². The molecule has 44 heavy (non-hydrogen) atoms. The number of rotatable bonds is 7. The molecule has 1 saturated carbocycles. The van der Waals surface area contributed by atoms with Gasteiger partial charge in [-0.2, -0.15) is 5.26 Å². The number of phenolic OH excluding ortho intramolecular Hbond substituents is 1. The minimum absolute atomic E-state index is 0.0211. The summed E-state index contributed by atoms with van der Waals surface area (Å²) in [5.74, 6) is -6.80. The van der Waals surface area contributed by atoms with Gasteiger partial charge in [-0.15, -0.1) is 0 Å². The van der Waals surface area contributed by atoms with Gasteiger partial charge in [0.1, 0.15) is 22.8 Å². The molecule has 2 aromatic carbocycles. The molecule has 0 saturated heterocycles. The summed E-state index contributed by atoms with van der Waals surface area (Å²) in [4.78, 5) is 42.9. The Kier molecular flexibility index (Phi) is 7.75. The van der Waals surface area contributed by atoms with E-state index < -0.39 is 58.0 Å². The minimum Gasteiger partial charge on any atom is -0.508 e. The van der Waals surface area contributed by atoms with Crippen molar-refractivity contribution in [2.75, 3.05) is 33.1 Å². The molecule has 2 aromatic rings. The van der Waals surface area contributed by atoms with Crippen molar-refractivity contribution in [2.24, 2.45) is 17.6 Å². The number of likely N-dealkylation sites (N-methyl/N-ethyl adjacent to an activating group) is 1. The monoisotopic (exact) mass is 601 g/mol. The number of hydrogen-bond donors (Lipinski definition) is 6. The van der Waals surface area contributed by atoms with Crippen LogP contribution in [0, 0.1) is 23.2 Å². The molecule has 12 heteroatoms. The Bertz CT molecular complexity index is 1690. The number of amides is 1. The molecule has 0 unspecified atom stereocenters. The third-order valence-electron chi connectivity index (χ3n) is 8.99.